The number of hydrogen-bond acceptors (Lipinski definition) is 5. The Labute approximate surface area is 159 Å². The minimum absolute atomic E-state index is 0.155. The van der Waals surface area contributed by atoms with Gasteiger partial charge in [-0.3, -0.25) is 4.79 Å². The molecule has 2 saturated heterocycles. The number of carbonyl (C=O) groups excluding carboxylic acids is 1. The maximum Gasteiger partial charge on any atom is 0.266 e. The summed E-state index contributed by atoms with van der Waals surface area (Å²) in [6, 6.07) is 9.92. The molecule has 138 valence electrons. The third-order valence-corrected chi connectivity index (χ3v) is 5.18. The first kappa shape index (κ1) is 18.6. The lowest BCUT2D eigenvalue weighted by molar-refractivity contribution is -0.128. The Morgan fingerprint density at radius 1 is 1.12 bits per heavy atom. The molecular formula is C19H24ClN5O. The van der Waals surface area contributed by atoms with Gasteiger partial charge in [-0.1, -0.05) is 17.7 Å². The predicted molar refractivity (Wildman–Crippen MR) is 103 cm³/mol. The monoisotopic (exact) mass is 373 g/mol. The predicted octanol–water partition coefficient (Wildman–Crippen LogP) is 1.64. The molecule has 2 aliphatic rings. The zero-order valence-electron chi connectivity index (χ0n) is 15.1. The minimum Gasteiger partial charge on any atom is -0.373 e. The molecule has 0 radical (unpaired) electrons. The van der Waals surface area contributed by atoms with Crippen LogP contribution < -0.4 is 4.90 Å². The number of nitrogens with zero attached hydrogens (tertiary/aromatic N) is 5. The molecule has 0 atom stereocenters. The second-order valence-corrected chi connectivity index (χ2v) is 7.19. The van der Waals surface area contributed by atoms with Gasteiger partial charge < -0.3 is 19.6 Å². The lowest BCUT2D eigenvalue weighted by Crippen LogP contribution is -2.48. The van der Waals surface area contributed by atoms with Crippen molar-refractivity contribution < 1.29 is 4.79 Å². The lowest BCUT2D eigenvalue weighted by Gasteiger charge is -2.36. The van der Waals surface area contributed by atoms with Crippen LogP contribution in [-0.4, -0.2) is 80.0 Å². The van der Waals surface area contributed by atoms with Crippen molar-refractivity contribution in [1.29, 1.82) is 5.26 Å². The lowest BCUT2D eigenvalue weighted by atomic mass is 10.2. The summed E-state index contributed by atoms with van der Waals surface area (Å²) >= 11 is 6.07. The molecule has 1 aromatic rings. The zero-order valence-corrected chi connectivity index (χ0v) is 15.8. The van der Waals surface area contributed by atoms with E-state index in [9.17, 15) is 10.1 Å². The number of amides is 1. The first-order valence-electron chi connectivity index (χ1n) is 8.91. The number of halogens is 1. The van der Waals surface area contributed by atoms with Crippen LogP contribution in [0.4, 0.5) is 5.69 Å². The second kappa shape index (κ2) is 8.43. The van der Waals surface area contributed by atoms with E-state index in [0.717, 1.165) is 50.0 Å². The van der Waals surface area contributed by atoms with Crippen molar-refractivity contribution in [2.45, 2.75) is 0 Å². The fourth-order valence-corrected chi connectivity index (χ4v) is 3.46. The largest absolute Gasteiger partial charge is 0.373 e. The molecule has 0 aromatic heterocycles. The van der Waals surface area contributed by atoms with Gasteiger partial charge >= 0.3 is 0 Å². The van der Waals surface area contributed by atoms with E-state index >= 15 is 0 Å². The summed E-state index contributed by atoms with van der Waals surface area (Å²) < 4.78 is 0. The quantitative estimate of drug-likeness (QED) is 0.595. The number of nitriles is 1. The highest BCUT2D eigenvalue weighted by atomic mass is 35.5. The third kappa shape index (κ3) is 4.48. The van der Waals surface area contributed by atoms with E-state index in [1.54, 1.807) is 11.1 Å². The van der Waals surface area contributed by atoms with Gasteiger partial charge in [0.05, 0.1) is 0 Å². The van der Waals surface area contributed by atoms with Crippen LogP contribution in [0.15, 0.2) is 36.0 Å². The van der Waals surface area contributed by atoms with E-state index in [1.165, 1.54) is 0 Å². The van der Waals surface area contributed by atoms with Crippen LogP contribution >= 0.6 is 11.6 Å². The van der Waals surface area contributed by atoms with Crippen LogP contribution in [0, 0.1) is 11.3 Å². The van der Waals surface area contributed by atoms with Gasteiger partial charge in [-0.25, -0.2) is 0 Å². The number of rotatable bonds is 3. The van der Waals surface area contributed by atoms with Crippen molar-refractivity contribution in [2.24, 2.45) is 0 Å². The number of benzene rings is 1. The molecular weight excluding hydrogens is 350 g/mol. The average molecular weight is 374 g/mol. The van der Waals surface area contributed by atoms with Crippen LogP contribution in [0.2, 0.25) is 5.02 Å². The summed E-state index contributed by atoms with van der Waals surface area (Å²) in [5.74, 6) is -0.155. The fourth-order valence-electron chi connectivity index (χ4n) is 3.28. The van der Waals surface area contributed by atoms with E-state index < -0.39 is 0 Å². The Kier molecular flexibility index (Phi) is 6.02. The molecule has 2 heterocycles. The van der Waals surface area contributed by atoms with Gasteiger partial charge in [-0.2, -0.15) is 5.26 Å². The average Bonchev–Trinajstić information content (AvgIpc) is 2.66. The van der Waals surface area contributed by atoms with E-state index in [4.69, 9.17) is 11.6 Å². The number of piperazine rings is 2. The van der Waals surface area contributed by atoms with E-state index in [1.807, 2.05) is 25.2 Å². The molecule has 0 bridgehead atoms. The molecule has 2 aliphatic heterocycles. The summed E-state index contributed by atoms with van der Waals surface area (Å²) in [6.45, 7) is 6.26. The number of carbonyl (C=O) groups is 1. The molecule has 0 saturated carbocycles. The van der Waals surface area contributed by atoms with Gasteiger partial charge in [0.1, 0.15) is 11.6 Å². The van der Waals surface area contributed by atoms with E-state index in [0.29, 0.717) is 13.1 Å². The Bertz CT molecular complexity index is 713. The first-order chi connectivity index (χ1) is 12.6. The van der Waals surface area contributed by atoms with Crippen LogP contribution in [0.5, 0.6) is 0 Å². The third-order valence-electron chi connectivity index (χ3n) is 4.94. The van der Waals surface area contributed by atoms with Crippen LogP contribution in [0.3, 0.4) is 0 Å². The van der Waals surface area contributed by atoms with Crippen molar-refractivity contribution in [2.75, 3.05) is 64.3 Å². The fraction of sp³-hybridized carbons (Fsp3) is 0.474. The van der Waals surface area contributed by atoms with E-state index in [-0.39, 0.29) is 11.5 Å². The summed E-state index contributed by atoms with van der Waals surface area (Å²) in [5.41, 5.74) is 1.33. The van der Waals surface area contributed by atoms with Crippen molar-refractivity contribution >= 4 is 23.2 Å². The topological polar surface area (TPSA) is 53.8 Å². The summed E-state index contributed by atoms with van der Waals surface area (Å²) in [7, 11) is 2.04. The Hall–Kier alpha value is -2.23. The molecule has 26 heavy (non-hydrogen) atoms. The summed E-state index contributed by atoms with van der Waals surface area (Å²) in [5, 5.41) is 10.2. The Balaban J connectivity index is 1.59. The van der Waals surface area contributed by atoms with Crippen LogP contribution in [0.1, 0.15) is 0 Å². The van der Waals surface area contributed by atoms with Crippen molar-refractivity contribution in [3.05, 3.63) is 41.1 Å². The summed E-state index contributed by atoms with van der Waals surface area (Å²) in [6.07, 6.45) is 1.73. The molecule has 0 spiro atoms. The highest BCUT2D eigenvalue weighted by Crippen LogP contribution is 2.21. The van der Waals surface area contributed by atoms with Crippen molar-refractivity contribution in [1.82, 2.24) is 14.7 Å². The van der Waals surface area contributed by atoms with Crippen LogP contribution in [-0.2, 0) is 4.79 Å². The molecule has 6 nitrogen and oxygen atoms in total. The van der Waals surface area contributed by atoms with Gasteiger partial charge in [0.2, 0.25) is 0 Å². The van der Waals surface area contributed by atoms with Gasteiger partial charge in [-0.05, 0) is 25.2 Å². The Morgan fingerprint density at radius 2 is 1.81 bits per heavy atom. The molecule has 3 rings (SSSR count). The van der Waals surface area contributed by atoms with Gasteiger partial charge in [-0.15, -0.1) is 0 Å². The first-order valence-corrected chi connectivity index (χ1v) is 9.29. The highest BCUT2D eigenvalue weighted by Gasteiger charge is 2.23. The van der Waals surface area contributed by atoms with E-state index in [2.05, 4.69) is 26.8 Å². The molecule has 2 fully saturated rings. The second-order valence-electron chi connectivity index (χ2n) is 6.75. The molecule has 0 aliphatic carbocycles. The maximum atomic E-state index is 12.6. The molecule has 0 N–H and O–H groups in total. The van der Waals surface area contributed by atoms with Crippen LogP contribution in [0.25, 0.3) is 0 Å². The minimum atomic E-state index is -0.155. The molecule has 0 unspecified atom stereocenters. The van der Waals surface area contributed by atoms with Crippen molar-refractivity contribution in [3.63, 3.8) is 0 Å². The molecule has 7 heteroatoms. The maximum absolute atomic E-state index is 12.6. The number of likely N-dealkylation sites (N-methyl/N-ethyl adjacent to an activating group) is 1. The van der Waals surface area contributed by atoms with Crippen molar-refractivity contribution in [3.8, 4) is 6.07 Å². The van der Waals surface area contributed by atoms with Gasteiger partial charge in [0.25, 0.3) is 5.91 Å². The molecule has 1 amide bonds. The Morgan fingerprint density at radius 3 is 2.42 bits per heavy atom. The van der Waals surface area contributed by atoms with Gasteiger partial charge in [0.15, 0.2) is 0 Å². The normalized spacial score (nSPS) is 19.4. The number of anilines is 1. The SMILES string of the molecule is CN1CCN(C(=O)/C(C#N)=C\N2CCN(c3cccc(Cl)c3)CC2)CC1. The zero-order chi connectivity index (χ0) is 18.5. The highest BCUT2D eigenvalue weighted by molar-refractivity contribution is 6.30. The standard InChI is InChI=1S/C19H24ClN5O/c1-22-5-9-25(10-6-22)19(26)16(14-21)15-23-7-11-24(12-8-23)18-4-2-3-17(20)13-18/h2-4,13,15H,5-12H2,1H3/b16-15-. The number of hydrogen-bond donors (Lipinski definition) is 0. The summed E-state index contributed by atoms with van der Waals surface area (Å²) in [4.78, 5) is 20.9. The molecule has 1 aromatic carbocycles. The smallest absolute Gasteiger partial charge is 0.266 e. The van der Waals surface area contributed by atoms with Gasteiger partial charge in [0, 0.05) is 69.3 Å².